The van der Waals surface area contributed by atoms with E-state index in [1.807, 2.05) is 0 Å². The van der Waals surface area contributed by atoms with Gasteiger partial charge in [-0.15, -0.1) is 0 Å². The van der Waals surface area contributed by atoms with Crippen molar-refractivity contribution in [3.05, 3.63) is 43.6 Å². The summed E-state index contributed by atoms with van der Waals surface area (Å²) < 4.78 is 6.31. The lowest BCUT2D eigenvalue weighted by molar-refractivity contribution is -0.385. The van der Waals surface area contributed by atoms with Crippen molar-refractivity contribution in [1.82, 2.24) is 9.97 Å². The van der Waals surface area contributed by atoms with E-state index in [2.05, 4.69) is 41.8 Å². The summed E-state index contributed by atoms with van der Waals surface area (Å²) >= 11 is 6.32. The summed E-state index contributed by atoms with van der Waals surface area (Å²) in [6.45, 7) is 0. The SMILES string of the molecule is Nc1ncnc(Oc2ccc(Br)cc2[N+](=O)[O-])c1Br. The third kappa shape index (κ3) is 2.99. The fourth-order valence-corrected chi connectivity index (χ4v) is 1.90. The van der Waals surface area contributed by atoms with Gasteiger partial charge in [-0.05, 0) is 28.1 Å². The molecule has 0 aliphatic carbocycles. The van der Waals surface area contributed by atoms with Gasteiger partial charge in [0.05, 0.1) is 4.92 Å². The van der Waals surface area contributed by atoms with Crippen molar-refractivity contribution in [3.8, 4) is 11.6 Å². The van der Waals surface area contributed by atoms with Crippen LogP contribution in [0, 0.1) is 10.1 Å². The smallest absolute Gasteiger partial charge is 0.312 e. The molecule has 2 aromatic rings. The van der Waals surface area contributed by atoms with E-state index < -0.39 is 4.92 Å². The minimum absolute atomic E-state index is 0.0620. The highest BCUT2D eigenvalue weighted by Crippen LogP contribution is 2.36. The molecule has 7 nitrogen and oxygen atoms in total. The molecule has 0 bridgehead atoms. The molecule has 19 heavy (non-hydrogen) atoms. The number of ether oxygens (including phenoxy) is 1. The van der Waals surface area contributed by atoms with Gasteiger partial charge in [0.1, 0.15) is 16.6 Å². The quantitative estimate of drug-likeness (QED) is 0.637. The molecule has 1 aromatic heterocycles. The number of hydrogen-bond donors (Lipinski definition) is 1. The number of rotatable bonds is 3. The minimum Gasteiger partial charge on any atom is -0.430 e. The number of nitro benzene ring substituents is 1. The van der Waals surface area contributed by atoms with Crippen LogP contribution >= 0.6 is 31.9 Å². The number of benzene rings is 1. The van der Waals surface area contributed by atoms with Crippen LogP contribution in [-0.4, -0.2) is 14.9 Å². The van der Waals surface area contributed by atoms with Crippen molar-refractivity contribution in [2.45, 2.75) is 0 Å². The first kappa shape index (κ1) is 13.7. The highest BCUT2D eigenvalue weighted by atomic mass is 79.9. The molecule has 0 aliphatic rings. The molecule has 2 rings (SSSR count). The second kappa shape index (κ2) is 5.49. The summed E-state index contributed by atoms with van der Waals surface area (Å²) in [4.78, 5) is 18.0. The third-order valence-corrected chi connectivity index (χ3v) is 3.35. The molecule has 0 aliphatic heterocycles. The zero-order chi connectivity index (χ0) is 14.0. The van der Waals surface area contributed by atoms with Crippen LogP contribution in [0.2, 0.25) is 0 Å². The number of halogens is 2. The molecule has 2 N–H and O–H groups in total. The zero-order valence-corrected chi connectivity index (χ0v) is 12.4. The van der Waals surface area contributed by atoms with Gasteiger partial charge in [0, 0.05) is 10.5 Å². The molecule has 1 heterocycles. The van der Waals surface area contributed by atoms with Gasteiger partial charge in [0.25, 0.3) is 0 Å². The van der Waals surface area contributed by atoms with Crippen molar-refractivity contribution in [2.24, 2.45) is 0 Å². The van der Waals surface area contributed by atoms with Gasteiger partial charge in [-0.3, -0.25) is 10.1 Å². The van der Waals surface area contributed by atoms with Gasteiger partial charge < -0.3 is 10.5 Å². The van der Waals surface area contributed by atoms with Gasteiger partial charge in [0.2, 0.25) is 11.6 Å². The Morgan fingerprint density at radius 1 is 1.32 bits per heavy atom. The fraction of sp³-hybridized carbons (Fsp3) is 0. The van der Waals surface area contributed by atoms with E-state index in [0.29, 0.717) is 8.95 Å². The van der Waals surface area contributed by atoms with Crippen molar-refractivity contribution in [2.75, 3.05) is 5.73 Å². The highest BCUT2D eigenvalue weighted by molar-refractivity contribution is 9.11. The number of nitrogens with two attached hydrogens (primary N) is 1. The molecule has 1 aromatic carbocycles. The van der Waals surface area contributed by atoms with E-state index in [9.17, 15) is 10.1 Å². The molecular weight excluding hydrogens is 384 g/mol. The lowest BCUT2D eigenvalue weighted by atomic mass is 10.3. The number of nitro groups is 1. The van der Waals surface area contributed by atoms with E-state index in [0.717, 1.165) is 0 Å². The third-order valence-electron chi connectivity index (χ3n) is 2.11. The van der Waals surface area contributed by atoms with Crippen LogP contribution in [0.1, 0.15) is 0 Å². The lowest BCUT2D eigenvalue weighted by Crippen LogP contribution is -1.98. The van der Waals surface area contributed by atoms with Crippen LogP contribution in [0.3, 0.4) is 0 Å². The molecule has 0 saturated carbocycles. The van der Waals surface area contributed by atoms with Crippen molar-refractivity contribution < 1.29 is 9.66 Å². The Hall–Kier alpha value is -1.74. The maximum Gasteiger partial charge on any atom is 0.312 e. The molecule has 98 valence electrons. The van der Waals surface area contributed by atoms with Gasteiger partial charge in [-0.1, -0.05) is 15.9 Å². The van der Waals surface area contributed by atoms with Crippen molar-refractivity contribution in [3.63, 3.8) is 0 Å². The largest absolute Gasteiger partial charge is 0.430 e. The first-order valence-electron chi connectivity index (χ1n) is 4.87. The Morgan fingerprint density at radius 2 is 2.05 bits per heavy atom. The number of hydrogen-bond acceptors (Lipinski definition) is 6. The number of anilines is 1. The Morgan fingerprint density at radius 3 is 2.74 bits per heavy atom. The maximum atomic E-state index is 11.0. The topological polar surface area (TPSA) is 104 Å². The summed E-state index contributed by atoms with van der Waals surface area (Å²) in [5.74, 6) is 0.356. The van der Waals surface area contributed by atoms with Gasteiger partial charge in [0.15, 0.2) is 0 Å². The number of nitrogen functional groups attached to an aromatic ring is 1. The van der Waals surface area contributed by atoms with Crippen LogP contribution in [-0.2, 0) is 0 Å². The normalized spacial score (nSPS) is 10.2. The van der Waals surface area contributed by atoms with Crippen molar-refractivity contribution in [1.29, 1.82) is 0 Å². The minimum atomic E-state index is -0.543. The van der Waals surface area contributed by atoms with E-state index >= 15 is 0 Å². The van der Waals surface area contributed by atoms with Crippen LogP contribution in [0.5, 0.6) is 11.6 Å². The van der Waals surface area contributed by atoms with Gasteiger partial charge in [-0.25, -0.2) is 9.97 Å². The predicted octanol–water partition coefficient (Wildman–Crippen LogP) is 3.28. The van der Waals surface area contributed by atoms with Gasteiger partial charge >= 0.3 is 5.69 Å². The van der Waals surface area contributed by atoms with E-state index in [1.165, 1.54) is 18.5 Å². The van der Waals surface area contributed by atoms with E-state index in [4.69, 9.17) is 10.5 Å². The molecular formula is C10H6Br2N4O3. The standard InChI is InChI=1S/C10H6Br2N4O3/c11-5-1-2-7(6(3-5)16(17)18)19-10-8(12)9(13)14-4-15-10/h1-4H,(H2,13,14,15). The second-order valence-corrected chi connectivity index (χ2v) is 5.06. The zero-order valence-electron chi connectivity index (χ0n) is 9.21. The highest BCUT2D eigenvalue weighted by Gasteiger charge is 2.18. The summed E-state index contributed by atoms with van der Waals surface area (Å²) in [5, 5.41) is 11.0. The Kier molecular flexibility index (Phi) is 3.96. The Bertz CT molecular complexity index is 651. The van der Waals surface area contributed by atoms with Gasteiger partial charge in [-0.2, -0.15) is 0 Å². The Labute approximate surface area is 124 Å². The number of aromatic nitrogens is 2. The van der Waals surface area contributed by atoms with Crippen molar-refractivity contribution >= 4 is 43.4 Å². The molecule has 9 heteroatoms. The summed E-state index contributed by atoms with van der Waals surface area (Å²) in [7, 11) is 0. The Balaban J connectivity index is 2.44. The molecule has 0 atom stereocenters. The van der Waals surface area contributed by atoms with E-state index in [1.54, 1.807) is 6.07 Å². The first-order chi connectivity index (χ1) is 8.99. The second-order valence-electron chi connectivity index (χ2n) is 3.35. The summed E-state index contributed by atoms with van der Waals surface area (Å²) in [6.07, 6.45) is 1.21. The average molecular weight is 390 g/mol. The number of nitrogens with zero attached hydrogens (tertiary/aromatic N) is 3. The molecule has 0 amide bonds. The predicted molar refractivity (Wildman–Crippen MR) is 75.0 cm³/mol. The molecule has 0 unspecified atom stereocenters. The maximum absolute atomic E-state index is 11.0. The molecule has 0 radical (unpaired) electrons. The first-order valence-corrected chi connectivity index (χ1v) is 6.45. The van der Waals surface area contributed by atoms with Crippen LogP contribution in [0.25, 0.3) is 0 Å². The lowest BCUT2D eigenvalue weighted by Gasteiger charge is -2.07. The molecule has 0 fully saturated rings. The average Bonchev–Trinajstić information content (AvgIpc) is 2.36. The van der Waals surface area contributed by atoms with Crippen LogP contribution in [0.15, 0.2) is 33.5 Å². The monoisotopic (exact) mass is 388 g/mol. The molecule has 0 saturated heterocycles. The van der Waals surface area contributed by atoms with E-state index in [-0.39, 0.29) is 23.1 Å². The fourth-order valence-electron chi connectivity index (χ4n) is 1.26. The molecule has 0 spiro atoms. The summed E-state index contributed by atoms with van der Waals surface area (Å²) in [5.41, 5.74) is 5.39. The summed E-state index contributed by atoms with van der Waals surface area (Å²) in [6, 6.07) is 4.43. The van der Waals surface area contributed by atoms with Crippen LogP contribution in [0.4, 0.5) is 11.5 Å². The van der Waals surface area contributed by atoms with Crippen LogP contribution < -0.4 is 10.5 Å².